The highest BCUT2D eigenvalue weighted by molar-refractivity contribution is 5.95. The number of aliphatic hydroxyl groups excluding tert-OH is 1. The van der Waals surface area contributed by atoms with Crippen LogP contribution in [0.4, 0.5) is 0 Å². The van der Waals surface area contributed by atoms with Gasteiger partial charge in [0, 0.05) is 35.1 Å². The molecule has 2 N–H and O–H groups in total. The van der Waals surface area contributed by atoms with Crippen LogP contribution in [0, 0.1) is 13.8 Å². The molecular formula is C27H24N4O2. The molecular weight excluding hydrogens is 412 g/mol. The monoisotopic (exact) mass is 436 g/mol. The molecule has 3 heterocycles. The van der Waals surface area contributed by atoms with E-state index < -0.39 is 6.04 Å². The van der Waals surface area contributed by atoms with Crippen molar-refractivity contribution < 1.29 is 5.11 Å². The fraction of sp³-hybridized carbons (Fsp3) is 0.148. The van der Waals surface area contributed by atoms with Gasteiger partial charge in [0.2, 0.25) is 0 Å². The van der Waals surface area contributed by atoms with E-state index in [1.165, 1.54) is 0 Å². The van der Waals surface area contributed by atoms with Gasteiger partial charge in [0.05, 0.1) is 18.2 Å². The summed E-state index contributed by atoms with van der Waals surface area (Å²) >= 11 is 0. The summed E-state index contributed by atoms with van der Waals surface area (Å²) in [6.45, 7) is 3.80. The van der Waals surface area contributed by atoms with Crippen molar-refractivity contribution >= 4 is 10.9 Å². The second kappa shape index (κ2) is 8.48. The van der Waals surface area contributed by atoms with Crippen LogP contribution in [-0.2, 0) is 0 Å². The van der Waals surface area contributed by atoms with E-state index in [0.29, 0.717) is 0 Å². The molecule has 0 radical (unpaired) electrons. The van der Waals surface area contributed by atoms with Gasteiger partial charge in [-0.2, -0.15) is 5.10 Å². The number of fused-ring (bicyclic) bond motifs is 1. The predicted octanol–water partition coefficient (Wildman–Crippen LogP) is 4.65. The Bertz CT molecular complexity index is 1520. The molecule has 6 nitrogen and oxygen atoms in total. The van der Waals surface area contributed by atoms with E-state index in [2.05, 4.69) is 15.2 Å². The number of aromatic amines is 1. The predicted molar refractivity (Wildman–Crippen MR) is 130 cm³/mol. The molecule has 0 bridgehead atoms. The number of aryl methyl sites for hydroxylation is 2. The molecule has 3 aromatic heterocycles. The molecule has 5 rings (SSSR count). The topological polar surface area (TPSA) is 83.8 Å². The average molecular weight is 437 g/mol. The first-order valence-corrected chi connectivity index (χ1v) is 10.8. The molecule has 164 valence electrons. The molecule has 0 fully saturated rings. The van der Waals surface area contributed by atoms with Gasteiger partial charge in [0.1, 0.15) is 5.69 Å². The maximum Gasteiger partial charge on any atom is 0.251 e. The fourth-order valence-electron chi connectivity index (χ4n) is 4.26. The van der Waals surface area contributed by atoms with Gasteiger partial charge in [-0.05, 0) is 60.9 Å². The van der Waals surface area contributed by atoms with Crippen LogP contribution >= 0.6 is 0 Å². The molecule has 6 heteroatoms. The molecule has 5 aromatic rings. The zero-order valence-electron chi connectivity index (χ0n) is 18.5. The van der Waals surface area contributed by atoms with Crippen LogP contribution in [0.15, 0.2) is 83.9 Å². The normalized spacial score (nSPS) is 12.2. The third-order valence-corrected chi connectivity index (χ3v) is 5.95. The molecule has 0 spiro atoms. The smallest absolute Gasteiger partial charge is 0.251 e. The quantitative estimate of drug-likeness (QED) is 0.420. The van der Waals surface area contributed by atoms with E-state index in [4.69, 9.17) is 0 Å². The molecule has 0 amide bonds. The summed E-state index contributed by atoms with van der Waals surface area (Å²) in [5.74, 6) is 0. The lowest BCUT2D eigenvalue weighted by Gasteiger charge is -2.19. The Morgan fingerprint density at radius 3 is 2.58 bits per heavy atom. The summed E-state index contributed by atoms with van der Waals surface area (Å²) in [4.78, 5) is 17.3. The van der Waals surface area contributed by atoms with Crippen molar-refractivity contribution in [3.63, 3.8) is 0 Å². The van der Waals surface area contributed by atoms with Gasteiger partial charge in [-0.3, -0.25) is 14.9 Å². The van der Waals surface area contributed by atoms with Crippen LogP contribution in [0.1, 0.15) is 22.9 Å². The van der Waals surface area contributed by atoms with E-state index in [1.807, 2.05) is 74.5 Å². The van der Waals surface area contributed by atoms with Crippen LogP contribution in [0.25, 0.3) is 33.3 Å². The molecule has 0 saturated heterocycles. The van der Waals surface area contributed by atoms with Crippen molar-refractivity contribution in [2.45, 2.75) is 19.9 Å². The van der Waals surface area contributed by atoms with Crippen LogP contribution < -0.4 is 5.56 Å². The minimum Gasteiger partial charge on any atom is -0.394 e. The molecule has 0 saturated carbocycles. The lowest BCUT2D eigenvalue weighted by Crippen LogP contribution is -2.26. The molecule has 0 aliphatic rings. The fourth-order valence-corrected chi connectivity index (χ4v) is 4.26. The lowest BCUT2D eigenvalue weighted by atomic mass is 10.0. The van der Waals surface area contributed by atoms with Crippen molar-refractivity contribution in [3.05, 3.63) is 106 Å². The van der Waals surface area contributed by atoms with Crippen molar-refractivity contribution in [2.75, 3.05) is 6.61 Å². The standard InChI is InChI=1S/C27H24N4O2/c1-17-4-3-5-21(12-17)25(16-32)31-11-9-20(15-26(31)33)19-6-7-24-23(14-19)27(30-29-24)22-8-10-28-18(2)13-22/h3-15,25,32H,16H2,1-2H3,(H,29,30)/t25-/m1/s1. The van der Waals surface area contributed by atoms with Crippen LogP contribution in [0.2, 0.25) is 0 Å². The maximum absolute atomic E-state index is 13.0. The number of nitrogens with one attached hydrogen (secondary N) is 1. The SMILES string of the molecule is Cc1cccc([C@@H](CO)n2ccc(-c3ccc4[nH]nc(-c5ccnc(C)c5)c4c3)cc2=O)c1. The number of hydrogen-bond acceptors (Lipinski definition) is 4. The molecule has 0 aliphatic heterocycles. The Morgan fingerprint density at radius 1 is 0.970 bits per heavy atom. The van der Waals surface area contributed by atoms with Gasteiger partial charge in [-0.25, -0.2) is 0 Å². The third-order valence-electron chi connectivity index (χ3n) is 5.95. The minimum absolute atomic E-state index is 0.154. The molecule has 1 atom stereocenters. The van der Waals surface area contributed by atoms with E-state index in [1.54, 1.807) is 23.0 Å². The van der Waals surface area contributed by atoms with Crippen molar-refractivity contribution in [2.24, 2.45) is 0 Å². The second-order valence-corrected chi connectivity index (χ2v) is 8.29. The van der Waals surface area contributed by atoms with Crippen LogP contribution in [-0.4, -0.2) is 31.5 Å². The third kappa shape index (κ3) is 3.97. The van der Waals surface area contributed by atoms with Gasteiger partial charge in [0.25, 0.3) is 5.56 Å². The summed E-state index contributed by atoms with van der Waals surface area (Å²) in [5.41, 5.74) is 7.27. The van der Waals surface area contributed by atoms with Gasteiger partial charge >= 0.3 is 0 Å². The first-order valence-electron chi connectivity index (χ1n) is 10.8. The van der Waals surface area contributed by atoms with E-state index in [-0.39, 0.29) is 12.2 Å². The van der Waals surface area contributed by atoms with Crippen molar-refractivity contribution in [1.82, 2.24) is 19.7 Å². The number of aliphatic hydroxyl groups is 1. The van der Waals surface area contributed by atoms with E-state index in [9.17, 15) is 9.90 Å². The molecule has 33 heavy (non-hydrogen) atoms. The molecule has 0 aliphatic carbocycles. The molecule has 2 aromatic carbocycles. The largest absolute Gasteiger partial charge is 0.394 e. The first kappa shape index (κ1) is 20.8. The molecule has 0 unspecified atom stereocenters. The highest BCUT2D eigenvalue weighted by Gasteiger charge is 2.15. The van der Waals surface area contributed by atoms with Gasteiger partial charge in [-0.1, -0.05) is 35.9 Å². The Balaban J connectivity index is 1.55. The first-order chi connectivity index (χ1) is 16.0. The maximum atomic E-state index is 13.0. The van der Waals surface area contributed by atoms with Gasteiger partial charge in [-0.15, -0.1) is 0 Å². The van der Waals surface area contributed by atoms with Gasteiger partial charge < -0.3 is 9.67 Å². The lowest BCUT2D eigenvalue weighted by molar-refractivity contribution is 0.247. The zero-order chi connectivity index (χ0) is 22.9. The number of nitrogens with zero attached hydrogens (tertiary/aromatic N) is 3. The summed E-state index contributed by atoms with van der Waals surface area (Å²) in [6.07, 6.45) is 3.54. The van der Waals surface area contributed by atoms with Crippen LogP contribution in [0.3, 0.4) is 0 Å². The Morgan fingerprint density at radius 2 is 1.82 bits per heavy atom. The second-order valence-electron chi connectivity index (χ2n) is 8.29. The summed E-state index contributed by atoms with van der Waals surface area (Å²) < 4.78 is 1.58. The van der Waals surface area contributed by atoms with Crippen molar-refractivity contribution in [1.29, 1.82) is 0 Å². The van der Waals surface area contributed by atoms with Gasteiger partial charge in [0.15, 0.2) is 0 Å². The number of pyridine rings is 2. The number of H-pyrrole nitrogens is 1. The minimum atomic E-state index is -0.427. The number of benzene rings is 2. The van der Waals surface area contributed by atoms with Crippen molar-refractivity contribution in [3.8, 4) is 22.4 Å². The zero-order valence-corrected chi connectivity index (χ0v) is 18.5. The number of hydrogen-bond donors (Lipinski definition) is 2. The summed E-state index contributed by atoms with van der Waals surface area (Å²) in [5, 5.41) is 18.6. The number of rotatable bonds is 5. The summed E-state index contributed by atoms with van der Waals surface area (Å²) in [6, 6.07) is 20.9. The van der Waals surface area contributed by atoms with E-state index in [0.717, 1.165) is 50.1 Å². The summed E-state index contributed by atoms with van der Waals surface area (Å²) in [7, 11) is 0. The highest BCUT2D eigenvalue weighted by Crippen LogP contribution is 2.30. The number of aromatic nitrogens is 4. The van der Waals surface area contributed by atoms with E-state index >= 15 is 0 Å². The Labute approximate surface area is 191 Å². The Kier molecular flexibility index (Phi) is 5.36. The Hall–Kier alpha value is -4.03. The average Bonchev–Trinajstić information content (AvgIpc) is 3.24. The van der Waals surface area contributed by atoms with Crippen LogP contribution in [0.5, 0.6) is 0 Å². The highest BCUT2D eigenvalue weighted by atomic mass is 16.3.